The second-order valence-electron chi connectivity index (χ2n) is 5.61. The van der Waals surface area contributed by atoms with Crippen molar-refractivity contribution in [3.8, 4) is 11.5 Å². The lowest BCUT2D eigenvalue weighted by Gasteiger charge is -2.22. The van der Waals surface area contributed by atoms with Crippen molar-refractivity contribution in [3.63, 3.8) is 0 Å². The van der Waals surface area contributed by atoms with E-state index in [1.807, 2.05) is 24.1 Å². The van der Waals surface area contributed by atoms with Crippen molar-refractivity contribution in [1.29, 1.82) is 0 Å². The van der Waals surface area contributed by atoms with Gasteiger partial charge in [-0.15, -0.1) is 5.10 Å². The van der Waals surface area contributed by atoms with Crippen molar-refractivity contribution >= 4 is 33.7 Å². The summed E-state index contributed by atoms with van der Waals surface area (Å²) in [6.07, 6.45) is 0.626. The largest absolute Gasteiger partial charge is 0.409 e. The summed E-state index contributed by atoms with van der Waals surface area (Å²) in [6, 6.07) is 7.20. The summed E-state index contributed by atoms with van der Waals surface area (Å²) in [5.74, 6) is 0.761. The molecule has 0 spiro atoms. The van der Waals surface area contributed by atoms with Crippen LogP contribution in [0.2, 0.25) is 5.02 Å². The SMILES string of the molecule is CN(Cn1nc(-c2ccccc2Cl)oc1=S)[C@@H]1CCS(=O)(=O)C1. The highest BCUT2D eigenvalue weighted by atomic mass is 35.5. The number of halogens is 1. The topological polar surface area (TPSA) is 68.3 Å². The molecule has 0 N–H and O–H groups in total. The van der Waals surface area contributed by atoms with Gasteiger partial charge in [0.05, 0.1) is 28.8 Å². The summed E-state index contributed by atoms with van der Waals surface area (Å²) < 4.78 is 30.2. The highest BCUT2D eigenvalue weighted by Gasteiger charge is 2.31. The molecule has 9 heteroatoms. The molecule has 2 heterocycles. The van der Waals surface area contributed by atoms with E-state index in [0.717, 1.165) is 0 Å². The van der Waals surface area contributed by atoms with Crippen LogP contribution in [-0.2, 0) is 16.5 Å². The Kier molecular flexibility index (Phi) is 4.59. The maximum atomic E-state index is 11.6. The van der Waals surface area contributed by atoms with Crippen LogP contribution in [-0.4, -0.2) is 47.7 Å². The predicted octanol–water partition coefficient (Wildman–Crippen LogP) is 2.60. The van der Waals surface area contributed by atoms with E-state index in [9.17, 15) is 8.42 Å². The average molecular weight is 374 g/mol. The Morgan fingerprint density at radius 1 is 1.48 bits per heavy atom. The van der Waals surface area contributed by atoms with Gasteiger partial charge in [0.1, 0.15) is 0 Å². The van der Waals surface area contributed by atoms with Gasteiger partial charge in [0.15, 0.2) is 9.84 Å². The standard InChI is InChI=1S/C14H16ClN3O3S2/c1-17(10-6-7-23(19,20)8-10)9-18-14(22)21-13(16-18)11-4-2-3-5-12(11)15/h2-5,10H,6-9H2,1H3/t10-/m1/s1. The molecule has 1 aliphatic rings. The van der Waals surface area contributed by atoms with Gasteiger partial charge >= 0.3 is 0 Å². The molecule has 0 radical (unpaired) electrons. The van der Waals surface area contributed by atoms with Gasteiger partial charge in [-0.05, 0) is 37.8 Å². The van der Waals surface area contributed by atoms with Crippen LogP contribution < -0.4 is 0 Å². The molecule has 1 atom stereocenters. The van der Waals surface area contributed by atoms with Gasteiger partial charge in [0, 0.05) is 6.04 Å². The Hall–Kier alpha value is -1.22. The minimum absolute atomic E-state index is 0.0256. The first kappa shape index (κ1) is 16.6. The molecule has 1 aromatic carbocycles. The summed E-state index contributed by atoms with van der Waals surface area (Å²) in [5.41, 5.74) is 0.671. The highest BCUT2D eigenvalue weighted by Crippen LogP contribution is 2.26. The van der Waals surface area contributed by atoms with Crippen molar-refractivity contribution in [2.45, 2.75) is 19.1 Å². The number of rotatable bonds is 4. The van der Waals surface area contributed by atoms with Crippen molar-refractivity contribution in [1.82, 2.24) is 14.7 Å². The highest BCUT2D eigenvalue weighted by molar-refractivity contribution is 7.91. The van der Waals surface area contributed by atoms with E-state index in [1.54, 1.807) is 16.8 Å². The second-order valence-corrected chi connectivity index (χ2v) is 8.59. The molecule has 1 saturated heterocycles. The van der Waals surface area contributed by atoms with E-state index in [-0.39, 0.29) is 22.4 Å². The van der Waals surface area contributed by atoms with Crippen LogP contribution in [0.3, 0.4) is 0 Å². The molecule has 0 amide bonds. The smallest absolute Gasteiger partial charge is 0.288 e. The molecule has 2 aromatic rings. The molecule has 23 heavy (non-hydrogen) atoms. The zero-order valence-electron chi connectivity index (χ0n) is 12.5. The number of benzene rings is 1. The van der Waals surface area contributed by atoms with Crippen LogP contribution in [0.25, 0.3) is 11.5 Å². The third-order valence-corrected chi connectivity index (χ3v) is 6.27. The fourth-order valence-corrected chi connectivity index (χ4v) is 4.79. The minimum atomic E-state index is -2.92. The van der Waals surface area contributed by atoms with E-state index >= 15 is 0 Å². The van der Waals surface area contributed by atoms with Crippen molar-refractivity contribution in [3.05, 3.63) is 34.1 Å². The minimum Gasteiger partial charge on any atom is -0.409 e. The summed E-state index contributed by atoms with van der Waals surface area (Å²) in [4.78, 5) is 2.16. The number of hydrogen-bond acceptors (Lipinski definition) is 6. The average Bonchev–Trinajstić information content (AvgIpc) is 3.03. The monoisotopic (exact) mass is 373 g/mol. The maximum Gasteiger partial charge on any atom is 0.288 e. The Balaban J connectivity index is 1.80. The molecule has 124 valence electrons. The Morgan fingerprint density at radius 3 is 2.87 bits per heavy atom. The summed E-state index contributed by atoms with van der Waals surface area (Å²) in [6.45, 7) is 0.368. The molecule has 1 fully saturated rings. The molecule has 0 bridgehead atoms. The van der Waals surface area contributed by atoms with Crippen LogP contribution in [0.15, 0.2) is 28.7 Å². The first-order valence-corrected chi connectivity index (χ1v) is 9.70. The van der Waals surface area contributed by atoms with Crippen molar-refractivity contribution in [2.75, 3.05) is 18.6 Å². The molecular weight excluding hydrogens is 358 g/mol. The van der Waals surface area contributed by atoms with Crippen LogP contribution in [0, 0.1) is 4.84 Å². The fourth-order valence-electron chi connectivity index (χ4n) is 2.59. The van der Waals surface area contributed by atoms with Gasteiger partial charge in [0.25, 0.3) is 4.84 Å². The van der Waals surface area contributed by atoms with Gasteiger partial charge < -0.3 is 4.42 Å². The van der Waals surface area contributed by atoms with E-state index in [2.05, 4.69) is 5.10 Å². The molecular formula is C14H16ClN3O3S2. The van der Waals surface area contributed by atoms with E-state index in [4.69, 9.17) is 28.2 Å². The first-order valence-electron chi connectivity index (χ1n) is 7.09. The molecule has 1 aromatic heterocycles. The van der Waals surface area contributed by atoms with Gasteiger partial charge in [-0.2, -0.15) is 0 Å². The van der Waals surface area contributed by atoms with Crippen LogP contribution in [0.5, 0.6) is 0 Å². The molecule has 0 unspecified atom stereocenters. The Morgan fingerprint density at radius 2 is 2.22 bits per heavy atom. The summed E-state index contributed by atoms with van der Waals surface area (Å²) in [5, 5.41) is 4.89. The lowest BCUT2D eigenvalue weighted by Crippen LogP contribution is -2.34. The van der Waals surface area contributed by atoms with Crippen molar-refractivity contribution in [2.24, 2.45) is 0 Å². The summed E-state index contributed by atoms with van der Waals surface area (Å²) >= 11 is 11.3. The van der Waals surface area contributed by atoms with Crippen molar-refractivity contribution < 1.29 is 12.8 Å². The van der Waals surface area contributed by atoms with Crippen LogP contribution in [0.4, 0.5) is 0 Å². The Labute approximate surface area is 144 Å². The third-order valence-electron chi connectivity index (χ3n) is 3.90. The molecule has 3 rings (SSSR count). The van der Waals surface area contributed by atoms with Gasteiger partial charge in [-0.3, -0.25) is 4.90 Å². The molecule has 6 nitrogen and oxygen atoms in total. The predicted molar refractivity (Wildman–Crippen MR) is 90.6 cm³/mol. The number of aromatic nitrogens is 2. The van der Waals surface area contributed by atoms with Crippen LogP contribution in [0.1, 0.15) is 6.42 Å². The zero-order valence-corrected chi connectivity index (χ0v) is 14.9. The molecule has 1 aliphatic heterocycles. The number of nitrogens with zero attached hydrogens (tertiary/aromatic N) is 3. The van der Waals surface area contributed by atoms with Gasteiger partial charge in [-0.1, -0.05) is 23.7 Å². The molecule has 0 saturated carbocycles. The third kappa shape index (κ3) is 3.65. The van der Waals surface area contributed by atoms with Gasteiger partial charge in [-0.25, -0.2) is 13.1 Å². The maximum absolute atomic E-state index is 11.6. The van der Waals surface area contributed by atoms with E-state index in [0.29, 0.717) is 29.6 Å². The Bertz CT molecular complexity index is 875. The fraction of sp³-hybridized carbons (Fsp3) is 0.429. The van der Waals surface area contributed by atoms with E-state index < -0.39 is 9.84 Å². The van der Waals surface area contributed by atoms with Gasteiger partial charge in [0.2, 0.25) is 5.89 Å². The number of hydrogen-bond donors (Lipinski definition) is 0. The quantitative estimate of drug-likeness (QED) is 0.767. The normalized spacial score (nSPS) is 20.2. The zero-order chi connectivity index (χ0) is 16.6. The van der Waals surface area contributed by atoms with Crippen LogP contribution >= 0.6 is 23.8 Å². The lowest BCUT2D eigenvalue weighted by molar-refractivity contribution is 0.194. The first-order chi connectivity index (χ1) is 10.9. The second kappa shape index (κ2) is 6.35. The summed E-state index contributed by atoms with van der Waals surface area (Å²) in [7, 11) is -1.07. The van der Waals surface area contributed by atoms with E-state index in [1.165, 1.54) is 0 Å². The lowest BCUT2D eigenvalue weighted by atomic mass is 10.2. The molecule has 0 aliphatic carbocycles. The number of sulfone groups is 1.